The predicted octanol–water partition coefficient (Wildman–Crippen LogP) is 14.9. The van der Waals surface area contributed by atoms with Crippen molar-refractivity contribution >= 4 is 53.6 Å². The van der Waals surface area contributed by atoms with E-state index in [-0.39, 0.29) is 34.2 Å². The molecule has 7 aromatic carbocycles. The smallest absolute Gasteiger partial charge is 0.449 e. The molecule has 0 amide bonds. The van der Waals surface area contributed by atoms with Crippen LogP contribution in [0.1, 0.15) is 88.3 Å². The summed E-state index contributed by atoms with van der Waals surface area (Å²) in [6, 6.07) is 42.3. The van der Waals surface area contributed by atoms with Crippen LogP contribution in [-0.2, 0) is 89.8 Å². The number of alkyl halides is 6. The van der Waals surface area contributed by atoms with Crippen LogP contribution in [0.4, 0.5) is 26.3 Å². The van der Waals surface area contributed by atoms with Crippen LogP contribution in [0.5, 0.6) is 0 Å². The standard InChI is InChI=1S/C66H60F6N2O11S3/c1-40-30-42(3)60(43(4)31-40)88(82,83)74(37-45-21-26-47(27-22-45)50-14-11-16-54(33-50)87(80,81)39-58(75)76)63(5,6)57-34-51(61(85-57)66(70,71)72)35-64(7,62(77)78)52-15-10-13-49(32-52)46-24-19-44(20-25-46)36-73(38-53-28-29-56(84-53)65(67,68)69)86(79)59-41(2)18-23-48-12-8-9-17-55(48)59/h8-34H,35-39H2,1-7H3,(H,75,76)(H,77,78). The van der Waals surface area contributed by atoms with Gasteiger partial charge in [0, 0.05) is 18.7 Å². The zero-order valence-corrected chi connectivity index (χ0v) is 51.0. The number of rotatable bonds is 21. The fourth-order valence-electron chi connectivity index (χ4n) is 11.0. The molecule has 88 heavy (non-hydrogen) atoms. The molecule has 0 saturated carbocycles. The number of furan rings is 2. The maximum Gasteiger partial charge on any atom is 0.449 e. The largest absolute Gasteiger partial charge is 0.481 e. The molecule has 13 nitrogen and oxygen atoms in total. The molecule has 0 saturated heterocycles. The zero-order valence-electron chi connectivity index (χ0n) is 48.6. The molecule has 2 atom stereocenters. The number of benzene rings is 7. The Morgan fingerprint density at radius 1 is 0.580 bits per heavy atom. The first kappa shape index (κ1) is 64.3. The van der Waals surface area contributed by atoms with E-state index in [1.807, 2.05) is 30.3 Å². The maximum atomic E-state index is 15.4. The second kappa shape index (κ2) is 24.4. The van der Waals surface area contributed by atoms with Gasteiger partial charge >= 0.3 is 24.3 Å². The van der Waals surface area contributed by atoms with Gasteiger partial charge in [-0.3, -0.25) is 9.59 Å². The normalized spacial score (nSPS) is 13.7. The van der Waals surface area contributed by atoms with Crippen molar-refractivity contribution in [1.82, 2.24) is 8.61 Å². The van der Waals surface area contributed by atoms with Crippen LogP contribution in [0.3, 0.4) is 0 Å². The quantitative estimate of drug-likeness (QED) is 0.0650. The summed E-state index contributed by atoms with van der Waals surface area (Å²) in [7, 11) is -10.8. The summed E-state index contributed by atoms with van der Waals surface area (Å²) in [6.45, 7) is 10.1. The molecule has 9 aromatic rings. The number of nitrogens with zero attached hydrogens (tertiary/aromatic N) is 2. The van der Waals surface area contributed by atoms with Gasteiger partial charge in [-0.15, -0.1) is 0 Å². The first-order valence-corrected chi connectivity index (χ1v) is 31.6. The first-order valence-electron chi connectivity index (χ1n) is 27.4. The highest BCUT2D eigenvalue weighted by Crippen LogP contribution is 2.45. The Balaban J connectivity index is 1.03. The Labute approximate surface area is 507 Å². The summed E-state index contributed by atoms with van der Waals surface area (Å²) in [5, 5.41) is 21.7. The van der Waals surface area contributed by atoms with E-state index >= 15 is 21.6 Å². The number of aryl methyl sites for hydroxylation is 4. The number of halogens is 6. The summed E-state index contributed by atoms with van der Waals surface area (Å²) in [6.07, 6.45) is -10.7. The number of aliphatic carboxylic acids is 2. The van der Waals surface area contributed by atoms with Gasteiger partial charge in [-0.25, -0.2) is 25.3 Å². The Morgan fingerprint density at radius 3 is 1.75 bits per heavy atom. The van der Waals surface area contributed by atoms with Crippen molar-refractivity contribution in [3.8, 4) is 22.3 Å². The predicted molar refractivity (Wildman–Crippen MR) is 320 cm³/mol. The van der Waals surface area contributed by atoms with E-state index in [1.165, 1.54) is 61.5 Å². The topological polar surface area (TPSA) is 193 Å². The highest BCUT2D eigenvalue weighted by Gasteiger charge is 2.48. The molecule has 22 heteroatoms. The van der Waals surface area contributed by atoms with Crippen molar-refractivity contribution in [2.75, 3.05) is 5.75 Å². The van der Waals surface area contributed by atoms with Crippen LogP contribution in [0.25, 0.3) is 33.0 Å². The van der Waals surface area contributed by atoms with E-state index in [4.69, 9.17) is 8.83 Å². The lowest BCUT2D eigenvalue weighted by atomic mass is 9.76. The molecule has 0 radical (unpaired) electrons. The van der Waals surface area contributed by atoms with Gasteiger partial charge in [-0.1, -0.05) is 139 Å². The third kappa shape index (κ3) is 13.5. The summed E-state index contributed by atoms with van der Waals surface area (Å²) in [5.41, 5.74) is 0.524. The van der Waals surface area contributed by atoms with Crippen molar-refractivity contribution in [1.29, 1.82) is 0 Å². The van der Waals surface area contributed by atoms with Crippen LogP contribution < -0.4 is 0 Å². The molecule has 9 rings (SSSR count). The van der Waals surface area contributed by atoms with Crippen LogP contribution in [0, 0.1) is 27.7 Å². The van der Waals surface area contributed by atoms with E-state index in [0.717, 1.165) is 27.4 Å². The van der Waals surface area contributed by atoms with Gasteiger partial charge in [0.1, 0.15) is 22.5 Å². The Hall–Kier alpha value is -8.15. The molecule has 2 N–H and O–H groups in total. The van der Waals surface area contributed by atoms with Crippen molar-refractivity contribution in [2.45, 2.75) is 113 Å². The molecular formula is C66H60F6N2O11S3. The molecule has 0 aliphatic heterocycles. The van der Waals surface area contributed by atoms with Crippen molar-refractivity contribution in [3.63, 3.8) is 0 Å². The lowest BCUT2D eigenvalue weighted by molar-refractivity contribution is -0.155. The monoisotopic (exact) mass is 1270 g/mol. The molecule has 2 heterocycles. The number of fused-ring (bicyclic) bond motifs is 1. The summed E-state index contributed by atoms with van der Waals surface area (Å²) >= 11 is 0. The Kier molecular flexibility index (Phi) is 17.9. The molecule has 0 bridgehead atoms. The van der Waals surface area contributed by atoms with Gasteiger partial charge in [0.15, 0.2) is 15.6 Å². The van der Waals surface area contributed by atoms with Crippen LogP contribution in [-0.4, -0.2) is 57.6 Å². The number of carboxylic acids is 2. The minimum Gasteiger partial charge on any atom is -0.481 e. The summed E-state index contributed by atoms with van der Waals surface area (Å²) in [5.74, 6) is -7.44. The molecule has 0 spiro atoms. The Morgan fingerprint density at radius 2 is 1.17 bits per heavy atom. The highest BCUT2D eigenvalue weighted by atomic mass is 32.2. The van der Waals surface area contributed by atoms with Crippen molar-refractivity contribution in [2.24, 2.45) is 0 Å². The third-order valence-corrected chi connectivity index (χ3v) is 21.0. The lowest BCUT2D eigenvalue weighted by Gasteiger charge is -2.37. The summed E-state index contributed by atoms with van der Waals surface area (Å²) in [4.78, 5) is 25.0. The van der Waals surface area contributed by atoms with E-state index in [9.17, 15) is 45.6 Å². The van der Waals surface area contributed by atoms with Gasteiger partial charge in [0.2, 0.25) is 21.5 Å². The lowest BCUT2D eigenvalue weighted by Crippen LogP contribution is -2.45. The highest BCUT2D eigenvalue weighted by molar-refractivity contribution is 7.92. The van der Waals surface area contributed by atoms with Crippen LogP contribution in [0.15, 0.2) is 187 Å². The molecule has 2 aromatic heterocycles. The van der Waals surface area contributed by atoms with Crippen molar-refractivity contribution < 1.29 is 76.0 Å². The van der Waals surface area contributed by atoms with E-state index < -0.39 is 108 Å². The third-order valence-electron chi connectivity index (χ3n) is 15.5. The van der Waals surface area contributed by atoms with E-state index in [2.05, 4.69) is 0 Å². The number of carbonyl (C=O) groups is 2. The van der Waals surface area contributed by atoms with Crippen molar-refractivity contribution in [3.05, 3.63) is 231 Å². The molecular weight excluding hydrogens is 1210 g/mol. The average Bonchev–Trinajstić information content (AvgIpc) is 2.07. The van der Waals surface area contributed by atoms with E-state index in [0.29, 0.717) is 60.4 Å². The van der Waals surface area contributed by atoms with Gasteiger partial charge in [0.25, 0.3) is 0 Å². The maximum absolute atomic E-state index is 15.4. The average molecular weight is 1270 g/mol. The van der Waals surface area contributed by atoms with E-state index in [1.54, 1.807) is 113 Å². The molecule has 2 unspecified atom stereocenters. The van der Waals surface area contributed by atoms with Gasteiger partial charge in [-0.2, -0.15) is 30.6 Å². The van der Waals surface area contributed by atoms with Gasteiger partial charge in [-0.05, 0) is 152 Å². The minimum atomic E-state index is -5.21. The number of hydrogen-bond donors (Lipinski definition) is 2. The van der Waals surface area contributed by atoms with Crippen LogP contribution >= 0.6 is 0 Å². The van der Waals surface area contributed by atoms with Crippen LogP contribution in [0.2, 0.25) is 0 Å². The second-order valence-electron chi connectivity index (χ2n) is 22.5. The molecule has 0 aliphatic rings. The second-order valence-corrected chi connectivity index (χ2v) is 27.7. The molecule has 0 fully saturated rings. The first-order chi connectivity index (χ1) is 41.2. The molecule has 0 aliphatic carbocycles. The molecule has 460 valence electrons. The van der Waals surface area contributed by atoms with Gasteiger partial charge in [0.05, 0.1) is 32.2 Å². The Bertz CT molecular complexity index is 4380. The fourth-order valence-corrected chi connectivity index (χ4v) is 15.7. The number of carboxylic acid groups (broad SMARTS) is 2. The SMILES string of the molecule is Cc1cc(C)c(S(=O)(=O)N(Cc2ccc(-c3cccc(S(=O)(=O)CC(=O)O)c3)cc2)C(C)(C)c2cc(CC(C)(C(=O)O)c3cccc(-c4ccc(CN(Cc5ccc(C(F)(F)F)o5)S(=O)c5c(C)ccc6ccccc56)cc4)c3)c(C(F)(F)F)o2)c(C)c1. The number of sulfonamides is 1. The fraction of sp³-hybridized carbons (Fsp3) is 0.242. The van der Waals surface area contributed by atoms with Gasteiger partial charge < -0.3 is 19.0 Å². The number of sulfone groups is 1. The zero-order chi connectivity index (χ0) is 64.1. The summed E-state index contributed by atoms with van der Waals surface area (Å²) < 4.78 is 171. The number of hydrogen-bond acceptors (Lipinski definition) is 9. The minimum absolute atomic E-state index is 0.0334.